The third kappa shape index (κ3) is 8.67. The molecule has 5 nitrogen and oxygen atoms in total. The van der Waals surface area contributed by atoms with Crippen LogP contribution in [0.3, 0.4) is 0 Å². The number of rotatable bonds is 6. The lowest BCUT2D eigenvalue weighted by Gasteiger charge is -2.21. The lowest BCUT2D eigenvalue weighted by Crippen LogP contribution is -2.41. The van der Waals surface area contributed by atoms with E-state index in [0.717, 1.165) is 13.1 Å². The van der Waals surface area contributed by atoms with E-state index in [-0.39, 0.29) is 30.5 Å². The molecule has 0 amide bonds. The van der Waals surface area contributed by atoms with Gasteiger partial charge in [0.2, 0.25) is 0 Å². The molecule has 7 heteroatoms. The van der Waals surface area contributed by atoms with Gasteiger partial charge < -0.3 is 10.6 Å². The molecule has 0 fully saturated rings. The molecule has 0 saturated heterocycles. The molecule has 0 aliphatic carbocycles. The topological polar surface area (TPSA) is 70.6 Å². The first-order chi connectivity index (χ1) is 8.10. The van der Waals surface area contributed by atoms with Gasteiger partial charge in [0.05, 0.1) is 11.3 Å². The van der Waals surface area contributed by atoms with Crippen LogP contribution in [0, 0.1) is 5.92 Å². The highest BCUT2D eigenvalue weighted by Gasteiger charge is 2.29. The molecule has 0 aromatic carbocycles. The normalized spacial score (nSPS) is 13.1. The molecule has 0 saturated carbocycles. The van der Waals surface area contributed by atoms with Gasteiger partial charge in [0.25, 0.3) is 0 Å². The maximum Gasteiger partial charge on any atom is 0.191 e. The van der Waals surface area contributed by atoms with Crippen molar-refractivity contribution >= 4 is 39.8 Å². The quantitative estimate of drug-likeness (QED) is 0.401. The van der Waals surface area contributed by atoms with Crippen LogP contribution in [0.5, 0.6) is 0 Å². The summed E-state index contributed by atoms with van der Waals surface area (Å²) in [6.45, 7) is 11.4. The van der Waals surface area contributed by atoms with Crippen LogP contribution >= 0.6 is 24.0 Å². The maximum atomic E-state index is 11.6. The van der Waals surface area contributed by atoms with Crippen LogP contribution in [0.4, 0.5) is 0 Å². The molecule has 0 unspecified atom stereocenters. The predicted octanol–water partition coefficient (Wildman–Crippen LogP) is 1.64. The fourth-order valence-corrected chi connectivity index (χ4v) is 1.33. The Kier molecular flexibility index (Phi) is 10.1. The number of sulfone groups is 1. The first-order valence-corrected chi connectivity index (χ1v) is 8.21. The van der Waals surface area contributed by atoms with E-state index in [0.29, 0.717) is 11.9 Å². The molecule has 0 heterocycles. The van der Waals surface area contributed by atoms with Crippen molar-refractivity contribution in [3.05, 3.63) is 0 Å². The van der Waals surface area contributed by atoms with Crippen LogP contribution in [0.15, 0.2) is 4.99 Å². The van der Waals surface area contributed by atoms with Crippen molar-refractivity contribution in [2.75, 3.05) is 25.9 Å². The van der Waals surface area contributed by atoms with Gasteiger partial charge in [-0.05, 0) is 26.7 Å². The first kappa shape index (κ1) is 21.3. The summed E-state index contributed by atoms with van der Waals surface area (Å²) in [6.07, 6.45) is 1.25. The largest absolute Gasteiger partial charge is 0.357 e. The van der Waals surface area contributed by atoms with Crippen LogP contribution in [-0.4, -0.2) is 45.0 Å². The van der Waals surface area contributed by atoms with E-state index in [9.17, 15) is 8.42 Å². The highest BCUT2D eigenvalue weighted by Crippen LogP contribution is 2.14. The monoisotopic (exact) mass is 405 g/mol. The Labute approximate surface area is 135 Å². The Morgan fingerprint density at radius 1 is 1.26 bits per heavy atom. The van der Waals surface area contributed by atoms with Gasteiger partial charge in [-0.25, -0.2) is 8.42 Å². The number of guanidine groups is 1. The Morgan fingerprint density at radius 3 is 2.16 bits per heavy atom. The molecule has 0 aliphatic heterocycles. The molecule has 2 N–H and O–H groups in total. The van der Waals surface area contributed by atoms with E-state index < -0.39 is 14.6 Å². The van der Waals surface area contributed by atoms with E-state index in [2.05, 4.69) is 29.5 Å². The average Bonchev–Trinajstić information content (AvgIpc) is 2.20. The second-order valence-corrected chi connectivity index (χ2v) is 8.15. The zero-order valence-corrected chi connectivity index (χ0v) is 15.9. The van der Waals surface area contributed by atoms with Gasteiger partial charge >= 0.3 is 0 Å². The van der Waals surface area contributed by atoms with Gasteiger partial charge in [-0.1, -0.05) is 13.8 Å². The van der Waals surface area contributed by atoms with Crippen molar-refractivity contribution in [1.29, 1.82) is 0 Å². The minimum absolute atomic E-state index is 0. The Bertz CT molecular complexity index is 378. The molecule has 0 aromatic heterocycles. The Morgan fingerprint density at radius 2 is 1.79 bits per heavy atom. The van der Waals surface area contributed by atoms with Crippen LogP contribution in [0.2, 0.25) is 0 Å². The number of hydrogen-bond acceptors (Lipinski definition) is 3. The molecule has 0 rings (SSSR count). The number of nitrogens with zero attached hydrogens (tertiary/aromatic N) is 1. The van der Waals surface area contributed by atoms with Crippen molar-refractivity contribution < 1.29 is 8.42 Å². The van der Waals surface area contributed by atoms with E-state index in [1.807, 2.05) is 6.92 Å². The highest BCUT2D eigenvalue weighted by atomic mass is 127. The smallest absolute Gasteiger partial charge is 0.191 e. The van der Waals surface area contributed by atoms with Crippen molar-refractivity contribution in [2.45, 2.75) is 39.4 Å². The molecule has 0 bridgehead atoms. The van der Waals surface area contributed by atoms with Crippen molar-refractivity contribution in [3.63, 3.8) is 0 Å². The van der Waals surface area contributed by atoms with Crippen molar-refractivity contribution in [1.82, 2.24) is 10.6 Å². The van der Waals surface area contributed by atoms with Gasteiger partial charge in [0.1, 0.15) is 0 Å². The number of nitrogens with one attached hydrogen (secondary N) is 2. The molecule has 0 atom stereocenters. The van der Waals surface area contributed by atoms with Crippen LogP contribution < -0.4 is 10.6 Å². The molecule has 0 aromatic rings. The highest BCUT2D eigenvalue weighted by molar-refractivity contribution is 14.0. The van der Waals surface area contributed by atoms with Gasteiger partial charge in [-0.2, -0.15) is 0 Å². The molecule has 0 aliphatic rings. The molecule has 19 heavy (non-hydrogen) atoms. The zero-order chi connectivity index (χ0) is 14.4. The van der Waals surface area contributed by atoms with Gasteiger partial charge in [-0.3, -0.25) is 4.99 Å². The average molecular weight is 405 g/mol. The fraction of sp³-hybridized carbons (Fsp3) is 0.917. The number of halogens is 1. The Balaban J connectivity index is 0. The van der Waals surface area contributed by atoms with E-state index in [4.69, 9.17) is 0 Å². The van der Waals surface area contributed by atoms with E-state index in [1.165, 1.54) is 6.26 Å². The zero-order valence-electron chi connectivity index (χ0n) is 12.8. The Hall–Kier alpha value is -0.0500. The van der Waals surface area contributed by atoms with Crippen molar-refractivity contribution in [2.24, 2.45) is 10.9 Å². The third-order valence-corrected chi connectivity index (χ3v) is 4.78. The third-order valence-electron chi connectivity index (χ3n) is 2.64. The second-order valence-electron chi connectivity index (χ2n) is 5.50. The second kappa shape index (κ2) is 8.99. The number of hydrogen-bond donors (Lipinski definition) is 2. The summed E-state index contributed by atoms with van der Waals surface area (Å²) < 4.78 is 22.3. The summed E-state index contributed by atoms with van der Waals surface area (Å²) in [4.78, 5) is 4.34. The standard InChI is InChI=1S/C12H27N3O2S.HI/c1-7-13-11(14-8-10(2)3)15-9-12(4,5)18(6,16)17;/h10H,7-9H2,1-6H3,(H2,13,14,15);1H. The van der Waals surface area contributed by atoms with Gasteiger partial charge in [0, 0.05) is 19.3 Å². The summed E-state index contributed by atoms with van der Waals surface area (Å²) in [5.41, 5.74) is 0. The SMILES string of the molecule is CCNC(=NCC(C)(C)S(C)(=O)=O)NCC(C)C.I. The summed E-state index contributed by atoms with van der Waals surface area (Å²) in [5.74, 6) is 1.18. The van der Waals surface area contributed by atoms with Crippen LogP contribution in [0.1, 0.15) is 34.6 Å². The van der Waals surface area contributed by atoms with Crippen molar-refractivity contribution in [3.8, 4) is 0 Å². The first-order valence-electron chi connectivity index (χ1n) is 6.32. The number of aliphatic imine (C=N–C) groups is 1. The van der Waals surface area contributed by atoms with Crippen LogP contribution in [0.25, 0.3) is 0 Å². The van der Waals surface area contributed by atoms with Gasteiger partial charge in [-0.15, -0.1) is 24.0 Å². The predicted molar refractivity (Wildman–Crippen MR) is 93.2 cm³/mol. The van der Waals surface area contributed by atoms with Crippen LogP contribution in [-0.2, 0) is 9.84 Å². The molecule has 0 spiro atoms. The lowest BCUT2D eigenvalue weighted by atomic mass is 10.2. The summed E-state index contributed by atoms with van der Waals surface area (Å²) in [7, 11) is -3.11. The summed E-state index contributed by atoms with van der Waals surface area (Å²) in [5, 5.41) is 6.29. The van der Waals surface area contributed by atoms with E-state index >= 15 is 0 Å². The molecular weight excluding hydrogens is 377 g/mol. The molecular formula is C12H28IN3O2S. The minimum Gasteiger partial charge on any atom is -0.357 e. The minimum atomic E-state index is -3.11. The molecule has 116 valence electrons. The van der Waals surface area contributed by atoms with E-state index in [1.54, 1.807) is 13.8 Å². The summed E-state index contributed by atoms with van der Waals surface area (Å²) >= 11 is 0. The summed E-state index contributed by atoms with van der Waals surface area (Å²) in [6, 6.07) is 0. The lowest BCUT2D eigenvalue weighted by molar-refractivity contribution is 0.553. The molecule has 0 radical (unpaired) electrons. The van der Waals surface area contributed by atoms with Gasteiger partial charge in [0.15, 0.2) is 15.8 Å². The maximum absolute atomic E-state index is 11.6. The fourth-order valence-electron chi connectivity index (χ4n) is 1.03.